The number of hydrogen-bond donors (Lipinski definition) is 2. The van der Waals surface area contributed by atoms with Gasteiger partial charge in [0.2, 0.25) is 0 Å². The Balaban J connectivity index is 1.55. The first-order chi connectivity index (χ1) is 13.6. The van der Waals surface area contributed by atoms with Crippen molar-refractivity contribution in [2.75, 3.05) is 12.4 Å². The first-order valence-electron chi connectivity index (χ1n) is 9.95. The number of esters is 1. The van der Waals surface area contributed by atoms with Crippen molar-refractivity contribution in [2.24, 2.45) is 5.92 Å². The summed E-state index contributed by atoms with van der Waals surface area (Å²) in [7, 11) is 1.44. The van der Waals surface area contributed by atoms with E-state index in [0.29, 0.717) is 16.6 Å². The Morgan fingerprint density at radius 3 is 2.89 bits per heavy atom. The minimum absolute atomic E-state index is 0.209. The predicted octanol–water partition coefficient (Wildman–Crippen LogP) is 5.02. The molecule has 2 aromatic rings. The molecule has 6 heteroatoms. The first kappa shape index (κ1) is 19.4. The monoisotopic (exact) mass is 414 g/mol. The van der Waals surface area contributed by atoms with Gasteiger partial charge in [-0.25, -0.2) is 4.79 Å². The fourth-order valence-electron chi connectivity index (χ4n) is 4.36. The molecule has 2 unspecified atom stereocenters. The summed E-state index contributed by atoms with van der Waals surface area (Å²) in [6.07, 6.45) is 6.37. The van der Waals surface area contributed by atoms with Gasteiger partial charge in [0.05, 0.1) is 18.7 Å². The Labute approximate surface area is 175 Å². The number of thiophene rings is 1. The van der Waals surface area contributed by atoms with Crippen LogP contribution in [0.3, 0.4) is 0 Å². The normalized spacial score (nSPS) is 20.6. The van der Waals surface area contributed by atoms with Gasteiger partial charge in [0, 0.05) is 4.88 Å². The van der Waals surface area contributed by atoms with Gasteiger partial charge in [0.1, 0.15) is 5.00 Å². The number of carbonyl (C=O) groups excluding carboxylic acids is 1. The quantitative estimate of drug-likeness (QED) is 0.545. The summed E-state index contributed by atoms with van der Waals surface area (Å²) in [5, 5.41) is 8.17. The average Bonchev–Trinajstić information content (AvgIpc) is 3.04. The number of hydrogen-bond acceptors (Lipinski definition) is 4. The van der Waals surface area contributed by atoms with Gasteiger partial charge in [-0.3, -0.25) is 0 Å². The number of thiocarbonyl (C=S) groups is 1. The number of fused-ring (bicyclic) bond motifs is 2. The molecule has 4 rings (SSSR count). The molecule has 0 saturated carbocycles. The second kappa shape index (κ2) is 8.21. The molecule has 0 amide bonds. The third-order valence-corrected chi connectivity index (χ3v) is 7.19. The van der Waals surface area contributed by atoms with Crippen LogP contribution in [0.1, 0.15) is 64.2 Å². The van der Waals surface area contributed by atoms with Gasteiger partial charge in [-0.15, -0.1) is 11.3 Å². The Kier molecular flexibility index (Phi) is 5.69. The molecule has 0 aliphatic heterocycles. The lowest BCUT2D eigenvalue weighted by molar-refractivity contribution is 0.0601. The molecule has 2 N–H and O–H groups in total. The third kappa shape index (κ3) is 3.80. The van der Waals surface area contributed by atoms with E-state index in [4.69, 9.17) is 17.0 Å². The molecule has 0 bridgehead atoms. The van der Waals surface area contributed by atoms with Crippen LogP contribution in [0, 0.1) is 5.92 Å². The van der Waals surface area contributed by atoms with Crippen LogP contribution in [0.2, 0.25) is 0 Å². The molecule has 1 aromatic heterocycles. The molecule has 148 valence electrons. The van der Waals surface area contributed by atoms with Crippen molar-refractivity contribution in [3.05, 3.63) is 51.4 Å². The zero-order valence-corrected chi connectivity index (χ0v) is 18.0. The molecular weight excluding hydrogens is 388 g/mol. The topological polar surface area (TPSA) is 50.4 Å². The zero-order valence-electron chi connectivity index (χ0n) is 16.3. The summed E-state index contributed by atoms with van der Waals surface area (Å²) in [6.45, 7) is 2.26. The predicted molar refractivity (Wildman–Crippen MR) is 118 cm³/mol. The van der Waals surface area contributed by atoms with E-state index in [1.807, 2.05) is 0 Å². The highest BCUT2D eigenvalue weighted by Gasteiger charge is 2.29. The van der Waals surface area contributed by atoms with Crippen molar-refractivity contribution in [1.29, 1.82) is 0 Å². The molecule has 2 aliphatic carbocycles. The van der Waals surface area contributed by atoms with Crippen LogP contribution in [-0.4, -0.2) is 18.2 Å². The highest BCUT2D eigenvalue weighted by atomic mass is 32.1. The fourth-order valence-corrected chi connectivity index (χ4v) is 6.07. The number of benzene rings is 1. The Morgan fingerprint density at radius 2 is 2.07 bits per heavy atom. The van der Waals surface area contributed by atoms with E-state index in [1.54, 1.807) is 11.3 Å². The molecule has 0 radical (unpaired) electrons. The molecule has 28 heavy (non-hydrogen) atoms. The van der Waals surface area contributed by atoms with Crippen molar-refractivity contribution in [3.8, 4) is 0 Å². The van der Waals surface area contributed by atoms with Crippen molar-refractivity contribution in [2.45, 2.75) is 51.5 Å². The van der Waals surface area contributed by atoms with Gasteiger partial charge in [0.15, 0.2) is 5.11 Å². The highest BCUT2D eigenvalue weighted by Crippen LogP contribution is 2.40. The summed E-state index contributed by atoms with van der Waals surface area (Å²) in [6, 6.07) is 8.77. The second-order valence-corrected chi connectivity index (χ2v) is 9.30. The van der Waals surface area contributed by atoms with Crippen LogP contribution in [0.5, 0.6) is 0 Å². The minimum atomic E-state index is -0.277. The van der Waals surface area contributed by atoms with Crippen molar-refractivity contribution in [1.82, 2.24) is 5.32 Å². The van der Waals surface area contributed by atoms with Gasteiger partial charge in [-0.2, -0.15) is 0 Å². The molecule has 4 nitrogen and oxygen atoms in total. The summed E-state index contributed by atoms with van der Waals surface area (Å²) >= 11 is 7.27. The van der Waals surface area contributed by atoms with Gasteiger partial charge < -0.3 is 15.4 Å². The van der Waals surface area contributed by atoms with Crippen LogP contribution in [-0.2, 0) is 24.0 Å². The van der Waals surface area contributed by atoms with Crippen LogP contribution in [0.25, 0.3) is 0 Å². The van der Waals surface area contributed by atoms with Crippen molar-refractivity contribution < 1.29 is 9.53 Å². The minimum Gasteiger partial charge on any atom is -0.465 e. The van der Waals surface area contributed by atoms with Crippen LogP contribution < -0.4 is 10.6 Å². The van der Waals surface area contributed by atoms with Crippen LogP contribution in [0.15, 0.2) is 24.3 Å². The fraction of sp³-hybridized carbons (Fsp3) is 0.455. The first-order valence-corrected chi connectivity index (χ1v) is 11.2. The third-order valence-electron chi connectivity index (χ3n) is 5.80. The van der Waals surface area contributed by atoms with Crippen LogP contribution in [0.4, 0.5) is 5.00 Å². The molecule has 1 heterocycles. The Morgan fingerprint density at radius 1 is 1.25 bits per heavy atom. The summed E-state index contributed by atoms with van der Waals surface area (Å²) in [5.41, 5.74) is 4.53. The van der Waals surface area contributed by atoms with Gasteiger partial charge >= 0.3 is 5.97 Å². The maximum atomic E-state index is 12.5. The molecule has 1 aromatic carbocycles. The standard InChI is InChI=1S/C22H26N2O2S2/c1-13-10-11-16-18(12-13)28-20(19(16)21(25)26-2)24-22(27)23-17-9-5-7-14-6-3-4-8-15(14)17/h3-4,6,8,13,17H,5,7,9-12H2,1-2H3,(H2,23,24,27). The lowest BCUT2D eigenvalue weighted by atomic mass is 9.88. The van der Waals surface area contributed by atoms with E-state index < -0.39 is 0 Å². The van der Waals surface area contributed by atoms with Gasteiger partial charge in [-0.1, -0.05) is 31.2 Å². The van der Waals surface area contributed by atoms with Gasteiger partial charge in [-0.05, 0) is 73.4 Å². The lowest BCUT2D eigenvalue weighted by Gasteiger charge is -2.27. The summed E-state index contributed by atoms with van der Waals surface area (Å²) < 4.78 is 5.07. The van der Waals surface area contributed by atoms with Crippen molar-refractivity contribution >= 4 is 39.6 Å². The molecule has 0 saturated heterocycles. The SMILES string of the molecule is COC(=O)c1c(NC(=S)NC2CCCc3ccccc32)sc2c1CCC(C)C2. The number of methoxy groups -OCH3 is 1. The van der Waals surface area contributed by atoms with E-state index in [9.17, 15) is 4.79 Å². The van der Waals surface area contributed by atoms with E-state index >= 15 is 0 Å². The van der Waals surface area contributed by atoms with Crippen molar-refractivity contribution in [3.63, 3.8) is 0 Å². The molecule has 2 aliphatic rings. The molecule has 0 fully saturated rings. The van der Waals surface area contributed by atoms with E-state index in [1.165, 1.54) is 23.1 Å². The molecule has 2 atom stereocenters. The van der Waals surface area contributed by atoms with Gasteiger partial charge in [0.25, 0.3) is 0 Å². The number of ether oxygens (including phenoxy) is 1. The summed E-state index contributed by atoms with van der Waals surface area (Å²) in [5.74, 6) is 0.369. The highest BCUT2D eigenvalue weighted by molar-refractivity contribution is 7.80. The zero-order chi connectivity index (χ0) is 19.7. The smallest absolute Gasteiger partial charge is 0.341 e. The number of anilines is 1. The van der Waals surface area contributed by atoms with Crippen LogP contribution >= 0.6 is 23.6 Å². The van der Waals surface area contributed by atoms with E-state index in [-0.39, 0.29) is 12.0 Å². The number of carbonyl (C=O) groups is 1. The largest absolute Gasteiger partial charge is 0.465 e. The Hall–Kier alpha value is -1.92. The average molecular weight is 415 g/mol. The lowest BCUT2D eigenvalue weighted by Crippen LogP contribution is -2.34. The molecule has 0 spiro atoms. The van der Waals surface area contributed by atoms with E-state index in [0.717, 1.165) is 49.1 Å². The number of nitrogens with one attached hydrogen (secondary N) is 2. The summed E-state index contributed by atoms with van der Waals surface area (Å²) in [4.78, 5) is 13.7. The molecular formula is C22H26N2O2S2. The maximum absolute atomic E-state index is 12.5. The van der Waals surface area contributed by atoms with E-state index in [2.05, 4.69) is 41.8 Å². The maximum Gasteiger partial charge on any atom is 0.341 e. The second-order valence-electron chi connectivity index (χ2n) is 7.79. The Bertz CT molecular complexity index is 906. The number of rotatable bonds is 3. The number of aryl methyl sites for hydroxylation is 1.